The number of carbonyl (C=O) groups excluding carboxylic acids is 2. The monoisotopic (exact) mass is 297 g/mol. The van der Waals surface area contributed by atoms with Crippen LogP contribution in [0.1, 0.15) is 32.1 Å². The maximum Gasteiger partial charge on any atom is 0.329 e. The van der Waals surface area contributed by atoms with Gasteiger partial charge in [-0.05, 0) is 12.8 Å². The fourth-order valence-electron chi connectivity index (χ4n) is 3.13. The number of carbonyl (C=O) groups is 2. The zero-order chi connectivity index (χ0) is 15.1. The molecule has 0 aromatic rings. The van der Waals surface area contributed by atoms with Crippen LogP contribution < -0.4 is 10.6 Å². The minimum absolute atomic E-state index is 0.0141. The van der Waals surface area contributed by atoms with E-state index in [-0.39, 0.29) is 17.8 Å². The van der Waals surface area contributed by atoms with Crippen LogP contribution in [-0.2, 0) is 14.3 Å². The van der Waals surface area contributed by atoms with Crippen LogP contribution in [0.25, 0.3) is 0 Å². The van der Waals surface area contributed by atoms with Gasteiger partial charge in [0.2, 0.25) is 5.91 Å². The molecule has 2 rings (SSSR count). The lowest BCUT2D eigenvalue weighted by Gasteiger charge is -2.31. The number of nitrogens with one attached hydrogen (secondary N) is 2. The summed E-state index contributed by atoms with van der Waals surface area (Å²) < 4.78 is 4.85. The van der Waals surface area contributed by atoms with E-state index in [1.807, 2.05) is 0 Å². The minimum Gasteiger partial charge on any atom is -0.467 e. The molecule has 2 fully saturated rings. The Morgan fingerprint density at radius 3 is 2.52 bits per heavy atom. The first kappa shape index (κ1) is 16.2. The first-order valence-corrected chi connectivity index (χ1v) is 8.02. The Kier molecular flexibility index (Phi) is 6.45. The third-order valence-electron chi connectivity index (χ3n) is 4.43. The van der Waals surface area contributed by atoms with E-state index in [4.69, 9.17) is 4.74 Å². The smallest absolute Gasteiger partial charge is 0.329 e. The molecule has 6 heteroatoms. The molecule has 0 radical (unpaired) electrons. The van der Waals surface area contributed by atoms with Gasteiger partial charge in [0.05, 0.1) is 7.11 Å². The fraction of sp³-hybridized carbons (Fsp3) is 0.867. The van der Waals surface area contributed by atoms with Crippen molar-refractivity contribution in [3.63, 3.8) is 0 Å². The molecule has 1 heterocycles. The summed E-state index contributed by atoms with van der Waals surface area (Å²) >= 11 is 0. The number of rotatable bonds is 5. The molecule has 21 heavy (non-hydrogen) atoms. The number of hydrogen-bond donors (Lipinski definition) is 2. The van der Waals surface area contributed by atoms with Gasteiger partial charge in [0.15, 0.2) is 0 Å². The average Bonchev–Trinajstić information content (AvgIpc) is 2.55. The fourth-order valence-corrected chi connectivity index (χ4v) is 3.13. The molecule has 1 aliphatic heterocycles. The SMILES string of the molecule is COC(=O)[C@H](CN1CCNCC1)NC(=O)C1CCCCC1. The standard InChI is InChI=1S/C15H27N3O3/c1-21-15(20)13(11-18-9-7-16-8-10-18)17-14(19)12-5-3-2-4-6-12/h12-13,16H,2-11H2,1H3,(H,17,19)/t13-/m0/s1. The maximum absolute atomic E-state index is 12.3. The lowest BCUT2D eigenvalue weighted by Crippen LogP contribution is -2.54. The summed E-state index contributed by atoms with van der Waals surface area (Å²) in [6.45, 7) is 4.17. The van der Waals surface area contributed by atoms with Crippen LogP contribution in [0.15, 0.2) is 0 Å². The van der Waals surface area contributed by atoms with Crippen molar-refractivity contribution in [1.29, 1.82) is 0 Å². The van der Waals surface area contributed by atoms with Crippen molar-refractivity contribution >= 4 is 11.9 Å². The van der Waals surface area contributed by atoms with Crippen molar-refractivity contribution < 1.29 is 14.3 Å². The number of ether oxygens (including phenoxy) is 1. The van der Waals surface area contributed by atoms with Crippen LogP contribution in [0.2, 0.25) is 0 Å². The third kappa shape index (κ3) is 4.97. The molecule has 120 valence electrons. The third-order valence-corrected chi connectivity index (χ3v) is 4.43. The number of esters is 1. The normalized spacial score (nSPS) is 22.5. The first-order valence-electron chi connectivity index (χ1n) is 8.02. The van der Waals surface area contributed by atoms with E-state index < -0.39 is 6.04 Å². The van der Waals surface area contributed by atoms with Gasteiger partial charge in [-0.2, -0.15) is 0 Å². The molecule has 0 unspecified atom stereocenters. The molecular formula is C15H27N3O3. The van der Waals surface area contributed by atoms with Gasteiger partial charge < -0.3 is 15.4 Å². The predicted molar refractivity (Wildman–Crippen MR) is 79.8 cm³/mol. The van der Waals surface area contributed by atoms with Gasteiger partial charge in [0.25, 0.3) is 0 Å². The summed E-state index contributed by atoms with van der Waals surface area (Å²) in [5, 5.41) is 6.19. The molecule has 0 bridgehead atoms. The number of nitrogens with zero attached hydrogens (tertiary/aromatic N) is 1. The van der Waals surface area contributed by atoms with Crippen LogP contribution >= 0.6 is 0 Å². The van der Waals surface area contributed by atoms with Crippen molar-refractivity contribution in [3.8, 4) is 0 Å². The number of hydrogen-bond acceptors (Lipinski definition) is 5. The van der Waals surface area contributed by atoms with E-state index >= 15 is 0 Å². The number of piperazine rings is 1. The van der Waals surface area contributed by atoms with Crippen LogP contribution in [0, 0.1) is 5.92 Å². The Bertz CT molecular complexity index is 350. The topological polar surface area (TPSA) is 70.7 Å². The molecule has 0 aromatic heterocycles. The molecule has 2 N–H and O–H groups in total. The summed E-state index contributed by atoms with van der Waals surface area (Å²) in [5.74, 6) is -0.271. The lowest BCUT2D eigenvalue weighted by molar-refractivity contribution is -0.146. The molecular weight excluding hydrogens is 270 g/mol. The van der Waals surface area contributed by atoms with E-state index in [2.05, 4.69) is 15.5 Å². The van der Waals surface area contributed by atoms with E-state index in [1.165, 1.54) is 13.5 Å². The summed E-state index contributed by atoms with van der Waals surface area (Å²) in [5.41, 5.74) is 0. The summed E-state index contributed by atoms with van der Waals surface area (Å²) in [6.07, 6.45) is 5.31. The quantitative estimate of drug-likeness (QED) is 0.706. The highest BCUT2D eigenvalue weighted by molar-refractivity contribution is 5.85. The molecule has 6 nitrogen and oxygen atoms in total. The molecule has 1 saturated carbocycles. The van der Waals surface area contributed by atoms with Gasteiger partial charge >= 0.3 is 5.97 Å². The summed E-state index contributed by atoms with van der Waals surface area (Å²) in [4.78, 5) is 26.4. The van der Waals surface area contributed by atoms with E-state index in [0.717, 1.165) is 51.9 Å². The Morgan fingerprint density at radius 1 is 1.24 bits per heavy atom. The summed E-state index contributed by atoms with van der Waals surface area (Å²) in [7, 11) is 1.37. The van der Waals surface area contributed by atoms with Crippen LogP contribution in [0.4, 0.5) is 0 Å². The Balaban J connectivity index is 1.88. The molecule has 0 spiro atoms. The number of amides is 1. The van der Waals surface area contributed by atoms with Gasteiger partial charge in [0.1, 0.15) is 6.04 Å². The number of methoxy groups -OCH3 is 1. The highest BCUT2D eigenvalue weighted by atomic mass is 16.5. The Labute approximate surface area is 126 Å². The zero-order valence-corrected chi connectivity index (χ0v) is 12.9. The van der Waals surface area contributed by atoms with Crippen LogP contribution in [0.5, 0.6) is 0 Å². The summed E-state index contributed by atoms with van der Waals surface area (Å²) in [6, 6.07) is -0.553. The molecule has 1 amide bonds. The second kappa shape index (κ2) is 8.34. The predicted octanol–water partition coefficient (Wildman–Crippen LogP) is 0.130. The highest BCUT2D eigenvalue weighted by Crippen LogP contribution is 2.23. The molecule has 2 aliphatic rings. The van der Waals surface area contributed by atoms with Crippen molar-refractivity contribution in [2.24, 2.45) is 5.92 Å². The van der Waals surface area contributed by atoms with E-state index in [0.29, 0.717) is 6.54 Å². The van der Waals surface area contributed by atoms with Gasteiger partial charge in [-0.1, -0.05) is 19.3 Å². The zero-order valence-electron chi connectivity index (χ0n) is 12.9. The minimum atomic E-state index is -0.553. The maximum atomic E-state index is 12.3. The molecule has 1 atom stereocenters. The lowest BCUT2D eigenvalue weighted by atomic mass is 9.88. The van der Waals surface area contributed by atoms with E-state index in [1.54, 1.807) is 0 Å². The highest BCUT2D eigenvalue weighted by Gasteiger charge is 2.28. The van der Waals surface area contributed by atoms with Crippen molar-refractivity contribution in [1.82, 2.24) is 15.5 Å². The van der Waals surface area contributed by atoms with Gasteiger partial charge in [0, 0.05) is 38.6 Å². The van der Waals surface area contributed by atoms with E-state index in [9.17, 15) is 9.59 Å². The largest absolute Gasteiger partial charge is 0.467 e. The molecule has 1 saturated heterocycles. The van der Waals surface area contributed by atoms with Gasteiger partial charge in [-0.25, -0.2) is 4.79 Å². The Hall–Kier alpha value is -1.14. The van der Waals surface area contributed by atoms with Crippen molar-refractivity contribution in [2.45, 2.75) is 38.1 Å². The van der Waals surface area contributed by atoms with Crippen LogP contribution in [-0.4, -0.2) is 62.7 Å². The molecule has 1 aliphatic carbocycles. The van der Waals surface area contributed by atoms with Gasteiger partial charge in [-0.3, -0.25) is 9.69 Å². The van der Waals surface area contributed by atoms with Gasteiger partial charge in [-0.15, -0.1) is 0 Å². The second-order valence-electron chi connectivity index (χ2n) is 5.97. The second-order valence-corrected chi connectivity index (χ2v) is 5.97. The van der Waals surface area contributed by atoms with Crippen molar-refractivity contribution in [3.05, 3.63) is 0 Å². The first-order chi connectivity index (χ1) is 10.2. The average molecular weight is 297 g/mol. The van der Waals surface area contributed by atoms with Crippen LogP contribution in [0.3, 0.4) is 0 Å². The Morgan fingerprint density at radius 2 is 1.90 bits per heavy atom. The van der Waals surface area contributed by atoms with Crippen molar-refractivity contribution in [2.75, 3.05) is 39.8 Å². The molecule has 0 aromatic carbocycles.